The molecule has 0 unspecified atom stereocenters. The Hall–Kier alpha value is -2.41. The Kier molecular flexibility index (Phi) is 5.33. The summed E-state index contributed by atoms with van der Waals surface area (Å²) in [7, 11) is 3.05. The molecular formula is C16H15BrN2O4. The van der Waals surface area contributed by atoms with Crippen molar-refractivity contribution < 1.29 is 14.5 Å². The monoisotopic (exact) mass is 378 g/mol. The summed E-state index contributed by atoms with van der Waals surface area (Å²) in [6.45, 7) is 0.583. The topological polar surface area (TPSA) is 72.7 Å². The number of hydrogen-bond donors (Lipinski definition) is 0. The fourth-order valence-electron chi connectivity index (χ4n) is 2.17. The van der Waals surface area contributed by atoms with E-state index in [0.717, 1.165) is 10.0 Å². The van der Waals surface area contributed by atoms with Crippen LogP contribution in [0.4, 0.5) is 11.4 Å². The van der Waals surface area contributed by atoms with Gasteiger partial charge in [0.15, 0.2) is 0 Å². The highest BCUT2D eigenvalue weighted by molar-refractivity contribution is 9.10. The number of rotatable bonds is 5. The number of ether oxygens (including phenoxy) is 1. The van der Waals surface area contributed by atoms with Crippen LogP contribution in [0.5, 0.6) is 0 Å². The highest BCUT2D eigenvalue weighted by Crippen LogP contribution is 2.27. The van der Waals surface area contributed by atoms with E-state index < -0.39 is 10.9 Å². The maximum Gasteiger partial charge on any atom is 0.344 e. The lowest BCUT2D eigenvalue weighted by molar-refractivity contribution is -0.385. The second kappa shape index (κ2) is 7.23. The van der Waals surface area contributed by atoms with Crippen molar-refractivity contribution in [1.82, 2.24) is 0 Å². The van der Waals surface area contributed by atoms with Crippen molar-refractivity contribution in [2.45, 2.75) is 6.54 Å². The van der Waals surface area contributed by atoms with Gasteiger partial charge in [0, 0.05) is 29.8 Å². The van der Waals surface area contributed by atoms with Crippen molar-refractivity contribution >= 4 is 33.3 Å². The molecule has 0 radical (unpaired) electrons. The fourth-order valence-corrected chi connectivity index (χ4v) is 2.58. The average molecular weight is 379 g/mol. The Morgan fingerprint density at radius 2 is 2.00 bits per heavy atom. The van der Waals surface area contributed by atoms with Gasteiger partial charge in [-0.1, -0.05) is 34.1 Å². The Labute approximate surface area is 142 Å². The number of nitro benzene ring substituents is 1. The minimum Gasteiger partial charge on any atom is -0.465 e. The van der Waals surface area contributed by atoms with Crippen molar-refractivity contribution in [3.8, 4) is 0 Å². The van der Waals surface area contributed by atoms with Crippen LogP contribution >= 0.6 is 15.9 Å². The molecule has 2 aromatic carbocycles. The number of halogens is 1. The Balaban J connectivity index is 2.34. The van der Waals surface area contributed by atoms with E-state index in [-0.39, 0.29) is 11.3 Å². The van der Waals surface area contributed by atoms with Gasteiger partial charge in [-0.25, -0.2) is 4.79 Å². The van der Waals surface area contributed by atoms with Gasteiger partial charge < -0.3 is 9.64 Å². The molecule has 0 atom stereocenters. The molecule has 120 valence electrons. The molecule has 0 saturated heterocycles. The molecule has 0 aliphatic rings. The zero-order valence-corrected chi connectivity index (χ0v) is 14.2. The summed E-state index contributed by atoms with van der Waals surface area (Å²) in [4.78, 5) is 24.1. The average Bonchev–Trinajstić information content (AvgIpc) is 2.55. The number of carbonyl (C=O) groups is 1. The zero-order valence-electron chi connectivity index (χ0n) is 12.7. The van der Waals surface area contributed by atoms with Crippen molar-refractivity contribution in [3.05, 3.63) is 68.2 Å². The van der Waals surface area contributed by atoms with Gasteiger partial charge in [0.2, 0.25) is 0 Å². The number of methoxy groups -OCH3 is 1. The van der Waals surface area contributed by atoms with Crippen molar-refractivity contribution in [3.63, 3.8) is 0 Å². The third kappa shape index (κ3) is 3.87. The number of carbonyl (C=O) groups excluding carboxylic acids is 1. The summed E-state index contributed by atoms with van der Waals surface area (Å²) in [6.07, 6.45) is 0. The van der Waals surface area contributed by atoms with Gasteiger partial charge in [-0.05, 0) is 23.8 Å². The Morgan fingerprint density at radius 3 is 2.61 bits per heavy atom. The van der Waals surface area contributed by atoms with Gasteiger partial charge in [0.1, 0.15) is 5.56 Å². The SMILES string of the molecule is COC(=O)c1cc(N(C)Cc2ccccc2Br)ccc1[N+](=O)[O-]. The highest BCUT2D eigenvalue weighted by Gasteiger charge is 2.22. The van der Waals surface area contributed by atoms with E-state index in [4.69, 9.17) is 0 Å². The van der Waals surface area contributed by atoms with Crippen molar-refractivity contribution in [2.24, 2.45) is 0 Å². The van der Waals surface area contributed by atoms with Gasteiger partial charge in [-0.15, -0.1) is 0 Å². The van der Waals surface area contributed by atoms with Gasteiger partial charge >= 0.3 is 5.97 Å². The molecule has 7 heteroatoms. The second-order valence-corrected chi connectivity index (χ2v) is 5.75. The Bertz CT molecular complexity index is 749. The largest absolute Gasteiger partial charge is 0.465 e. The molecule has 0 aromatic heterocycles. The molecule has 0 aliphatic heterocycles. The zero-order chi connectivity index (χ0) is 17.0. The van der Waals surface area contributed by atoms with Crippen LogP contribution in [0.3, 0.4) is 0 Å². The van der Waals surface area contributed by atoms with Crippen LogP contribution in [0.15, 0.2) is 46.9 Å². The number of hydrogen-bond acceptors (Lipinski definition) is 5. The summed E-state index contributed by atoms with van der Waals surface area (Å²) >= 11 is 3.49. The number of nitrogens with zero attached hydrogens (tertiary/aromatic N) is 2. The minimum absolute atomic E-state index is 0.0611. The molecule has 0 fully saturated rings. The predicted molar refractivity (Wildman–Crippen MR) is 90.7 cm³/mol. The Morgan fingerprint density at radius 1 is 1.30 bits per heavy atom. The maximum absolute atomic E-state index is 11.8. The minimum atomic E-state index is -0.729. The summed E-state index contributed by atoms with van der Waals surface area (Å²) in [5.74, 6) is -0.729. The van der Waals surface area contributed by atoms with E-state index in [1.54, 1.807) is 6.07 Å². The van der Waals surface area contributed by atoms with E-state index in [0.29, 0.717) is 12.2 Å². The highest BCUT2D eigenvalue weighted by atomic mass is 79.9. The molecule has 0 heterocycles. The smallest absolute Gasteiger partial charge is 0.344 e. The standard InChI is InChI=1S/C16H15BrN2O4/c1-18(10-11-5-3-4-6-14(11)17)12-7-8-15(19(21)22)13(9-12)16(20)23-2/h3-9H,10H2,1-2H3. The summed E-state index contributed by atoms with van der Waals surface area (Å²) in [6, 6.07) is 12.2. The second-order valence-electron chi connectivity index (χ2n) is 4.90. The normalized spacial score (nSPS) is 10.2. The van der Waals surface area contributed by atoms with Gasteiger partial charge in [-0.2, -0.15) is 0 Å². The summed E-state index contributed by atoms with van der Waals surface area (Å²) in [5.41, 5.74) is 1.42. The molecule has 23 heavy (non-hydrogen) atoms. The molecule has 0 spiro atoms. The van der Waals surface area contributed by atoms with Crippen LogP contribution in [0.25, 0.3) is 0 Å². The quantitative estimate of drug-likeness (QED) is 0.449. The van der Waals surface area contributed by atoms with E-state index in [1.807, 2.05) is 36.2 Å². The van der Waals surface area contributed by atoms with Gasteiger partial charge in [0.25, 0.3) is 5.69 Å². The lowest BCUT2D eigenvalue weighted by atomic mass is 10.1. The summed E-state index contributed by atoms with van der Waals surface area (Å²) < 4.78 is 5.60. The van der Waals surface area contributed by atoms with Gasteiger partial charge in [0.05, 0.1) is 12.0 Å². The van der Waals surface area contributed by atoms with E-state index in [2.05, 4.69) is 20.7 Å². The summed E-state index contributed by atoms with van der Waals surface area (Å²) in [5, 5.41) is 11.0. The first-order chi connectivity index (χ1) is 10.9. The molecular weight excluding hydrogens is 364 g/mol. The molecule has 0 aliphatic carbocycles. The fraction of sp³-hybridized carbons (Fsp3) is 0.188. The van der Waals surface area contributed by atoms with Crippen LogP contribution in [-0.4, -0.2) is 25.1 Å². The van der Waals surface area contributed by atoms with E-state index >= 15 is 0 Å². The maximum atomic E-state index is 11.8. The third-order valence-electron chi connectivity index (χ3n) is 3.39. The van der Waals surface area contributed by atoms with Crippen LogP contribution < -0.4 is 4.90 Å². The molecule has 0 bridgehead atoms. The molecule has 2 rings (SSSR count). The van der Waals surface area contributed by atoms with E-state index in [9.17, 15) is 14.9 Å². The molecule has 2 aromatic rings. The first-order valence-electron chi connectivity index (χ1n) is 6.75. The van der Waals surface area contributed by atoms with E-state index in [1.165, 1.54) is 19.2 Å². The molecule has 0 saturated carbocycles. The van der Waals surface area contributed by atoms with Crippen LogP contribution in [0.2, 0.25) is 0 Å². The number of anilines is 1. The number of nitro groups is 1. The first kappa shape index (κ1) is 17.0. The lowest BCUT2D eigenvalue weighted by Gasteiger charge is -2.20. The van der Waals surface area contributed by atoms with Gasteiger partial charge in [-0.3, -0.25) is 10.1 Å². The van der Waals surface area contributed by atoms with Crippen LogP contribution in [0.1, 0.15) is 15.9 Å². The lowest BCUT2D eigenvalue weighted by Crippen LogP contribution is -2.17. The molecule has 0 N–H and O–H groups in total. The predicted octanol–water partition coefficient (Wildman–Crippen LogP) is 3.78. The van der Waals surface area contributed by atoms with Crippen molar-refractivity contribution in [2.75, 3.05) is 19.1 Å². The van der Waals surface area contributed by atoms with Crippen molar-refractivity contribution in [1.29, 1.82) is 0 Å². The van der Waals surface area contributed by atoms with Crippen LogP contribution in [-0.2, 0) is 11.3 Å². The number of esters is 1. The molecule has 6 nitrogen and oxygen atoms in total. The number of benzene rings is 2. The van der Waals surface area contributed by atoms with Crippen LogP contribution in [0, 0.1) is 10.1 Å². The third-order valence-corrected chi connectivity index (χ3v) is 4.16. The molecule has 0 amide bonds. The first-order valence-corrected chi connectivity index (χ1v) is 7.54.